The van der Waals surface area contributed by atoms with Crippen LogP contribution in [0.25, 0.3) is 0 Å². The van der Waals surface area contributed by atoms with Crippen molar-refractivity contribution in [2.45, 2.75) is 25.8 Å². The Bertz CT molecular complexity index is 381. The third-order valence-electron chi connectivity index (χ3n) is 3.16. The van der Waals surface area contributed by atoms with Crippen molar-refractivity contribution in [3.8, 4) is 0 Å². The molecule has 0 unspecified atom stereocenters. The van der Waals surface area contributed by atoms with Crippen LogP contribution in [0, 0.1) is 0 Å². The maximum atomic E-state index is 12.3. The highest BCUT2D eigenvalue weighted by molar-refractivity contribution is 6.17. The Balaban J connectivity index is 2.57. The molecule has 3 nitrogen and oxygen atoms in total. The Hall–Kier alpha value is -1.06. The molecule has 0 aliphatic heterocycles. The summed E-state index contributed by atoms with van der Waals surface area (Å²) < 4.78 is 0. The number of amides is 1. The zero-order valence-corrected chi connectivity index (χ0v) is 13.3. The van der Waals surface area contributed by atoms with E-state index in [1.165, 1.54) is 5.56 Å². The molecule has 1 aromatic rings. The van der Waals surface area contributed by atoms with Gasteiger partial charge < -0.3 is 9.80 Å². The van der Waals surface area contributed by atoms with Gasteiger partial charge in [0.25, 0.3) is 0 Å². The Morgan fingerprint density at radius 3 is 2.40 bits per heavy atom. The normalized spacial score (nSPS) is 10.8. The summed E-state index contributed by atoms with van der Waals surface area (Å²) in [6.07, 6.45) is 2.36. The van der Waals surface area contributed by atoms with Crippen molar-refractivity contribution in [1.82, 2.24) is 9.80 Å². The van der Waals surface area contributed by atoms with E-state index in [1.807, 2.05) is 37.2 Å². The molecule has 1 amide bonds. The Labute approximate surface area is 127 Å². The van der Waals surface area contributed by atoms with Crippen LogP contribution >= 0.6 is 11.6 Å². The van der Waals surface area contributed by atoms with E-state index < -0.39 is 0 Å². The van der Waals surface area contributed by atoms with Crippen molar-refractivity contribution in [1.29, 1.82) is 0 Å². The van der Waals surface area contributed by atoms with Gasteiger partial charge in [-0.15, -0.1) is 11.6 Å². The summed E-state index contributed by atoms with van der Waals surface area (Å²) in [5.74, 6) is 0.852. The maximum absolute atomic E-state index is 12.3. The minimum absolute atomic E-state index is 0.223. The SMILES string of the molecule is CN(C)CCN(Cc1ccccc1)C(=O)CCCCCl. The molecule has 112 valence electrons. The lowest BCUT2D eigenvalue weighted by atomic mass is 10.2. The van der Waals surface area contributed by atoms with E-state index in [9.17, 15) is 4.79 Å². The van der Waals surface area contributed by atoms with Crippen LogP contribution in [0.15, 0.2) is 30.3 Å². The molecular weight excluding hydrogens is 272 g/mol. The smallest absolute Gasteiger partial charge is 0.222 e. The third-order valence-corrected chi connectivity index (χ3v) is 3.43. The van der Waals surface area contributed by atoms with Crippen molar-refractivity contribution in [2.24, 2.45) is 0 Å². The number of halogens is 1. The van der Waals surface area contributed by atoms with Crippen LogP contribution in [-0.2, 0) is 11.3 Å². The molecule has 0 N–H and O–H groups in total. The third kappa shape index (κ3) is 6.92. The number of alkyl halides is 1. The van der Waals surface area contributed by atoms with Gasteiger partial charge in [-0.1, -0.05) is 30.3 Å². The summed E-state index contributed by atoms with van der Waals surface area (Å²) in [4.78, 5) is 16.3. The zero-order chi connectivity index (χ0) is 14.8. The van der Waals surface area contributed by atoms with Crippen LogP contribution in [0.3, 0.4) is 0 Å². The first-order valence-corrected chi connectivity index (χ1v) is 7.69. The van der Waals surface area contributed by atoms with Gasteiger partial charge in [-0.05, 0) is 32.5 Å². The number of unbranched alkanes of at least 4 members (excludes halogenated alkanes) is 1. The van der Waals surface area contributed by atoms with Gasteiger partial charge in [0.2, 0.25) is 5.91 Å². The lowest BCUT2D eigenvalue weighted by molar-refractivity contribution is -0.132. The minimum Gasteiger partial charge on any atom is -0.337 e. The lowest BCUT2D eigenvalue weighted by Gasteiger charge is -2.24. The van der Waals surface area contributed by atoms with Crippen LogP contribution in [0.1, 0.15) is 24.8 Å². The summed E-state index contributed by atoms with van der Waals surface area (Å²) in [5, 5.41) is 0. The number of hydrogen-bond donors (Lipinski definition) is 0. The van der Waals surface area contributed by atoms with E-state index in [0.717, 1.165) is 25.9 Å². The number of rotatable bonds is 9. The standard InChI is InChI=1S/C16H25ClN2O/c1-18(2)12-13-19(16(20)10-6-7-11-17)14-15-8-4-3-5-9-15/h3-5,8-9H,6-7,10-14H2,1-2H3. The molecule has 0 saturated heterocycles. The lowest BCUT2D eigenvalue weighted by Crippen LogP contribution is -2.36. The largest absolute Gasteiger partial charge is 0.337 e. The van der Waals surface area contributed by atoms with Crippen LogP contribution in [0.5, 0.6) is 0 Å². The molecule has 0 fully saturated rings. The van der Waals surface area contributed by atoms with Crippen molar-refractivity contribution < 1.29 is 4.79 Å². The Kier molecular flexibility index (Phi) is 8.31. The average Bonchev–Trinajstić information content (AvgIpc) is 2.44. The van der Waals surface area contributed by atoms with Crippen molar-refractivity contribution in [3.05, 3.63) is 35.9 Å². The topological polar surface area (TPSA) is 23.6 Å². The first kappa shape index (κ1) is 17.0. The fourth-order valence-electron chi connectivity index (χ4n) is 1.95. The fraction of sp³-hybridized carbons (Fsp3) is 0.562. The summed E-state index contributed by atoms with van der Waals surface area (Å²) in [7, 11) is 4.05. The molecule has 20 heavy (non-hydrogen) atoms. The highest BCUT2D eigenvalue weighted by Crippen LogP contribution is 2.08. The van der Waals surface area contributed by atoms with Gasteiger partial charge in [0.15, 0.2) is 0 Å². The molecule has 0 atom stereocenters. The van der Waals surface area contributed by atoms with E-state index in [1.54, 1.807) is 0 Å². The first-order chi connectivity index (χ1) is 9.63. The second kappa shape index (κ2) is 9.78. The second-order valence-electron chi connectivity index (χ2n) is 5.25. The molecule has 0 bridgehead atoms. The predicted octanol–water partition coefficient (Wildman–Crippen LogP) is 2.99. The fourth-order valence-corrected chi connectivity index (χ4v) is 2.13. The highest BCUT2D eigenvalue weighted by Gasteiger charge is 2.13. The van der Waals surface area contributed by atoms with Crippen molar-refractivity contribution >= 4 is 17.5 Å². The number of likely N-dealkylation sites (N-methyl/N-ethyl adjacent to an activating group) is 1. The van der Waals surface area contributed by atoms with E-state index >= 15 is 0 Å². The van der Waals surface area contributed by atoms with Gasteiger partial charge in [-0.2, -0.15) is 0 Å². The molecule has 0 aliphatic rings. The summed E-state index contributed by atoms with van der Waals surface area (Å²) >= 11 is 5.67. The molecule has 1 aromatic carbocycles. The van der Waals surface area contributed by atoms with Gasteiger partial charge in [0, 0.05) is 31.9 Å². The number of hydrogen-bond acceptors (Lipinski definition) is 2. The van der Waals surface area contributed by atoms with Crippen molar-refractivity contribution in [3.63, 3.8) is 0 Å². The van der Waals surface area contributed by atoms with Gasteiger partial charge >= 0.3 is 0 Å². The zero-order valence-electron chi connectivity index (χ0n) is 12.5. The quantitative estimate of drug-likeness (QED) is 0.517. The summed E-state index contributed by atoms with van der Waals surface area (Å²) in [6.45, 7) is 2.34. The molecular formula is C16H25ClN2O. The van der Waals surface area contributed by atoms with Crippen LogP contribution in [0.4, 0.5) is 0 Å². The van der Waals surface area contributed by atoms with Crippen molar-refractivity contribution in [2.75, 3.05) is 33.1 Å². The molecule has 0 aromatic heterocycles. The molecule has 0 radical (unpaired) electrons. The number of carbonyl (C=O) groups is 1. The van der Waals surface area contributed by atoms with Gasteiger partial charge in [0.1, 0.15) is 0 Å². The van der Waals surface area contributed by atoms with Crippen LogP contribution in [0.2, 0.25) is 0 Å². The number of benzene rings is 1. The van der Waals surface area contributed by atoms with Crippen LogP contribution in [-0.4, -0.2) is 48.8 Å². The molecule has 0 heterocycles. The van der Waals surface area contributed by atoms with E-state index in [0.29, 0.717) is 18.8 Å². The van der Waals surface area contributed by atoms with Gasteiger partial charge in [0.05, 0.1) is 0 Å². The molecule has 0 aliphatic carbocycles. The summed E-state index contributed by atoms with van der Waals surface area (Å²) in [5.41, 5.74) is 1.18. The minimum atomic E-state index is 0.223. The van der Waals surface area contributed by atoms with Crippen LogP contribution < -0.4 is 0 Å². The first-order valence-electron chi connectivity index (χ1n) is 7.16. The van der Waals surface area contributed by atoms with E-state index in [4.69, 9.17) is 11.6 Å². The number of nitrogens with zero attached hydrogens (tertiary/aromatic N) is 2. The highest BCUT2D eigenvalue weighted by atomic mass is 35.5. The molecule has 0 saturated carbocycles. The monoisotopic (exact) mass is 296 g/mol. The van der Waals surface area contributed by atoms with Gasteiger partial charge in [-0.3, -0.25) is 4.79 Å². The number of carbonyl (C=O) groups excluding carboxylic acids is 1. The molecule has 0 spiro atoms. The average molecular weight is 297 g/mol. The van der Waals surface area contributed by atoms with E-state index in [-0.39, 0.29) is 5.91 Å². The Morgan fingerprint density at radius 2 is 1.80 bits per heavy atom. The Morgan fingerprint density at radius 1 is 1.10 bits per heavy atom. The second-order valence-corrected chi connectivity index (χ2v) is 5.63. The van der Waals surface area contributed by atoms with Gasteiger partial charge in [-0.25, -0.2) is 0 Å². The predicted molar refractivity (Wildman–Crippen MR) is 85.0 cm³/mol. The maximum Gasteiger partial charge on any atom is 0.222 e. The molecule has 4 heteroatoms. The summed E-state index contributed by atoms with van der Waals surface area (Å²) in [6, 6.07) is 10.1. The molecule has 1 rings (SSSR count). The van der Waals surface area contributed by atoms with E-state index in [2.05, 4.69) is 17.0 Å².